The Balaban J connectivity index is 1.46. The minimum atomic E-state index is -3.41. The summed E-state index contributed by atoms with van der Waals surface area (Å²) in [6, 6.07) is 0.971. The molecular weight excluding hydrogens is 378 g/mol. The van der Waals surface area contributed by atoms with Gasteiger partial charge in [0.1, 0.15) is 0 Å². The Morgan fingerprint density at radius 3 is 2.61 bits per heavy atom. The van der Waals surface area contributed by atoms with Crippen molar-refractivity contribution in [3.63, 3.8) is 0 Å². The lowest BCUT2D eigenvalue weighted by molar-refractivity contribution is 0.260. The molecule has 4 N–H and O–H groups in total. The summed E-state index contributed by atoms with van der Waals surface area (Å²) in [5, 5.41) is 16.5. The first kappa shape index (κ1) is 17.8. The summed E-state index contributed by atoms with van der Waals surface area (Å²) in [6.45, 7) is 2.09. The van der Waals surface area contributed by atoms with Crippen molar-refractivity contribution >= 4 is 21.6 Å². The van der Waals surface area contributed by atoms with Crippen molar-refractivity contribution in [3.8, 4) is 0 Å². The number of anilines is 1. The van der Waals surface area contributed by atoms with Crippen molar-refractivity contribution in [1.82, 2.24) is 20.1 Å². The van der Waals surface area contributed by atoms with Crippen LogP contribution in [0.5, 0.6) is 0 Å². The Morgan fingerprint density at radius 1 is 1.21 bits per heavy atom. The van der Waals surface area contributed by atoms with E-state index in [0.717, 1.165) is 79.0 Å². The second-order valence-corrected chi connectivity index (χ2v) is 9.25. The zero-order chi connectivity index (χ0) is 19.3. The number of rotatable bonds is 2. The van der Waals surface area contributed by atoms with Crippen LogP contribution in [0.15, 0.2) is 15.5 Å². The monoisotopic (exact) mass is 401 g/mol. The fourth-order valence-corrected chi connectivity index (χ4v) is 5.25. The summed E-state index contributed by atoms with van der Waals surface area (Å²) in [5.41, 5.74) is 6.03. The van der Waals surface area contributed by atoms with E-state index in [9.17, 15) is 9.00 Å². The zero-order valence-electron chi connectivity index (χ0n) is 15.5. The number of nitrogens with zero attached hydrogens (tertiary/aromatic N) is 4. The van der Waals surface area contributed by atoms with Gasteiger partial charge in [0.05, 0.1) is 17.9 Å². The van der Waals surface area contributed by atoms with Gasteiger partial charge in [0.2, 0.25) is 0 Å². The number of pyridine rings is 1. The highest BCUT2D eigenvalue weighted by molar-refractivity contribution is 7.91. The first-order valence-electron chi connectivity index (χ1n) is 9.68. The first-order valence-corrected chi connectivity index (χ1v) is 11.3. The van der Waals surface area contributed by atoms with Crippen LogP contribution in [0.1, 0.15) is 41.1 Å². The van der Waals surface area contributed by atoms with E-state index in [1.807, 2.05) is 0 Å². The van der Waals surface area contributed by atoms with Crippen LogP contribution < -0.4 is 15.8 Å². The molecule has 10 heteroatoms. The quantitative estimate of drug-likeness (QED) is 0.699. The van der Waals surface area contributed by atoms with Gasteiger partial charge in [-0.3, -0.25) is 9.67 Å². The number of carbonyl (C=O) groups is 1. The van der Waals surface area contributed by atoms with E-state index >= 15 is 0 Å². The van der Waals surface area contributed by atoms with Crippen LogP contribution in [-0.4, -0.2) is 31.5 Å². The molecule has 0 bridgehead atoms. The van der Waals surface area contributed by atoms with E-state index in [2.05, 4.69) is 20.1 Å². The lowest BCUT2D eigenvalue weighted by atomic mass is 10.1. The molecule has 0 fully saturated rings. The molecule has 2 aromatic heterocycles. The molecular formula is C18H23N7O2S. The van der Waals surface area contributed by atoms with Crippen molar-refractivity contribution in [3.05, 3.63) is 34.3 Å². The van der Waals surface area contributed by atoms with Crippen LogP contribution in [0.2, 0.25) is 0 Å². The summed E-state index contributed by atoms with van der Waals surface area (Å²) in [5.74, 6) is 0. The predicted molar refractivity (Wildman–Crippen MR) is 104 cm³/mol. The molecule has 3 aliphatic rings. The van der Waals surface area contributed by atoms with E-state index in [1.165, 1.54) is 0 Å². The van der Waals surface area contributed by atoms with Gasteiger partial charge in [-0.2, -0.15) is 5.10 Å². The van der Waals surface area contributed by atoms with Crippen molar-refractivity contribution in [2.24, 2.45) is 9.50 Å². The van der Waals surface area contributed by atoms with E-state index in [-0.39, 0.29) is 5.03 Å². The molecule has 0 aromatic carbocycles. The smallest absolute Gasteiger partial charge is 0.309 e. The number of aryl methyl sites for hydroxylation is 2. The molecule has 2 aliphatic carbocycles. The molecule has 1 unspecified atom stereocenters. The molecule has 2 amide bonds. The maximum absolute atomic E-state index is 12.9. The van der Waals surface area contributed by atoms with Gasteiger partial charge in [0.25, 0.3) is 0 Å². The molecule has 0 saturated carbocycles. The maximum atomic E-state index is 12.9. The molecule has 1 atom stereocenters. The number of hydrogen-bond donors (Lipinski definition) is 3. The highest BCUT2D eigenvalue weighted by Gasteiger charge is 2.27. The minimum absolute atomic E-state index is 0.145. The third kappa shape index (κ3) is 3.01. The third-order valence-electron chi connectivity index (χ3n) is 5.65. The molecule has 0 saturated heterocycles. The van der Waals surface area contributed by atoms with Crippen LogP contribution in [0, 0.1) is 0 Å². The number of hydrogen-bond acceptors (Lipinski definition) is 5. The van der Waals surface area contributed by atoms with Gasteiger partial charge in [0.15, 0.2) is 14.9 Å². The van der Waals surface area contributed by atoms with Crippen LogP contribution >= 0.6 is 0 Å². The van der Waals surface area contributed by atoms with Crippen molar-refractivity contribution in [1.29, 1.82) is 0 Å². The van der Waals surface area contributed by atoms with Crippen LogP contribution in [0.4, 0.5) is 10.5 Å². The Labute approximate surface area is 163 Å². The van der Waals surface area contributed by atoms with Crippen molar-refractivity contribution in [2.45, 2.75) is 56.6 Å². The molecule has 3 heterocycles. The fourth-order valence-electron chi connectivity index (χ4n) is 4.35. The standard InChI is InChI=1S/C18H23N7O2S/c19-28(27,16-9-11-10-20-7-8-25(11)23-16)24-18(26)22-17-12-3-1-5-14(12)21-15-6-2-4-13(15)17/h9,20H,1-8,10H2,(H3,19,21,22,24,26,27). The maximum Gasteiger partial charge on any atom is 0.354 e. The van der Waals surface area contributed by atoms with Crippen LogP contribution in [0.3, 0.4) is 0 Å². The third-order valence-corrected chi connectivity index (χ3v) is 6.88. The molecule has 9 nitrogen and oxygen atoms in total. The SMILES string of the molecule is NS(=O)(=NC(=O)Nc1c2c(nc3c1CCC3)CCC2)c1cc2n(n1)CCNC2. The average Bonchev–Trinajstić information content (AvgIpc) is 3.39. The summed E-state index contributed by atoms with van der Waals surface area (Å²) in [7, 11) is -3.41. The summed E-state index contributed by atoms with van der Waals surface area (Å²) >= 11 is 0. The molecule has 1 aliphatic heterocycles. The van der Waals surface area contributed by atoms with Gasteiger partial charge in [-0.05, 0) is 55.7 Å². The predicted octanol–water partition coefficient (Wildman–Crippen LogP) is 1.29. The molecule has 0 radical (unpaired) electrons. The number of nitrogens with two attached hydrogens (primary N) is 1. The highest BCUT2D eigenvalue weighted by Crippen LogP contribution is 2.36. The number of fused-ring (bicyclic) bond motifs is 3. The number of aromatic nitrogens is 3. The van der Waals surface area contributed by atoms with Crippen molar-refractivity contribution < 1.29 is 9.00 Å². The Hall–Kier alpha value is -2.30. The second kappa shape index (κ2) is 6.64. The Morgan fingerprint density at radius 2 is 1.93 bits per heavy atom. The number of urea groups is 1. The molecule has 28 heavy (non-hydrogen) atoms. The van der Waals surface area contributed by atoms with E-state index in [0.29, 0.717) is 13.1 Å². The van der Waals surface area contributed by atoms with Gasteiger partial charge in [-0.15, -0.1) is 4.36 Å². The summed E-state index contributed by atoms with van der Waals surface area (Å²) < 4.78 is 18.5. The van der Waals surface area contributed by atoms with E-state index in [1.54, 1.807) is 10.7 Å². The van der Waals surface area contributed by atoms with Crippen molar-refractivity contribution in [2.75, 3.05) is 11.9 Å². The topological polar surface area (TPSA) is 127 Å². The average molecular weight is 401 g/mol. The lowest BCUT2D eigenvalue weighted by Crippen LogP contribution is -2.28. The van der Waals surface area contributed by atoms with Gasteiger partial charge >= 0.3 is 6.03 Å². The molecule has 148 valence electrons. The van der Waals surface area contributed by atoms with E-state index in [4.69, 9.17) is 10.1 Å². The fraction of sp³-hybridized carbons (Fsp3) is 0.500. The normalized spacial score (nSPS) is 19.5. The number of carbonyl (C=O) groups excluding carboxylic acids is 1. The molecule has 2 aromatic rings. The zero-order valence-corrected chi connectivity index (χ0v) is 16.3. The summed E-state index contributed by atoms with van der Waals surface area (Å²) in [4.78, 5) is 17.4. The van der Waals surface area contributed by atoms with Gasteiger partial charge < -0.3 is 10.6 Å². The second-order valence-electron chi connectivity index (χ2n) is 7.51. The number of nitrogens with one attached hydrogen (secondary N) is 2. The van der Waals surface area contributed by atoms with Crippen LogP contribution in [0.25, 0.3) is 0 Å². The van der Waals surface area contributed by atoms with Crippen LogP contribution in [-0.2, 0) is 48.7 Å². The molecule has 5 rings (SSSR count). The minimum Gasteiger partial charge on any atom is -0.309 e. The van der Waals surface area contributed by atoms with Gasteiger partial charge in [-0.1, -0.05) is 0 Å². The van der Waals surface area contributed by atoms with E-state index < -0.39 is 15.9 Å². The highest BCUT2D eigenvalue weighted by atomic mass is 32.2. The van der Waals surface area contributed by atoms with Gasteiger partial charge in [0, 0.05) is 24.5 Å². The number of amides is 2. The van der Waals surface area contributed by atoms with Gasteiger partial charge in [-0.25, -0.2) is 14.1 Å². The molecule has 0 spiro atoms. The first-order chi connectivity index (χ1) is 13.5. The Kier molecular flexibility index (Phi) is 4.22. The Bertz CT molecular complexity index is 1040. The largest absolute Gasteiger partial charge is 0.354 e. The lowest BCUT2D eigenvalue weighted by Gasteiger charge is -2.14. The summed E-state index contributed by atoms with van der Waals surface area (Å²) in [6.07, 6.45) is 5.73.